The average Bonchev–Trinajstić information content (AvgIpc) is 3.08. The summed E-state index contributed by atoms with van der Waals surface area (Å²) >= 11 is 12.1. The third kappa shape index (κ3) is 3.31. The van der Waals surface area contributed by atoms with Crippen molar-refractivity contribution in [1.29, 1.82) is 0 Å². The molecule has 1 aromatic heterocycles. The van der Waals surface area contributed by atoms with Crippen LogP contribution in [-0.4, -0.2) is 36.0 Å². The largest absolute Gasteiger partial charge is 0.451 e. The predicted molar refractivity (Wildman–Crippen MR) is 99.2 cm³/mol. The molecule has 2 atom stereocenters. The molecule has 4 nitrogen and oxygen atoms in total. The van der Waals surface area contributed by atoms with Gasteiger partial charge in [0.1, 0.15) is 5.76 Å². The summed E-state index contributed by atoms with van der Waals surface area (Å²) in [4.78, 5) is 15.1. The van der Waals surface area contributed by atoms with Crippen molar-refractivity contribution < 1.29 is 9.21 Å². The molecule has 0 spiro atoms. The number of carbonyl (C=O) groups is 1. The second-order valence-corrected chi connectivity index (χ2v) is 7.81. The van der Waals surface area contributed by atoms with Gasteiger partial charge in [-0.1, -0.05) is 23.2 Å². The minimum atomic E-state index is -0.162. The number of furan rings is 1. The third-order valence-electron chi connectivity index (χ3n) is 5.45. The summed E-state index contributed by atoms with van der Waals surface area (Å²) in [5.41, 5.74) is 0.757. The molecule has 4 heterocycles. The van der Waals surface area contributed by atoms with E-state index in [2.05, 4.69) is 17.1 Å². The molecule has 1 aromatic carbocycles. The maximum absolute atomic E-state index is 12.6. The zero-order chi connectivity index (χ0) is 17.6. The molecule has 0 radical (unpaired) electrons. The van der Waals surface area contributed by atoms with E-state index < -0.39 is 0 Å². The Hall–Kier alpha value is -1.49. The van der Waals surface area contributed by atoms with Crippen molar-refractivity contribution in [2.45, 2.75) is 31.8 Å². The molecule has 3 aliphatic heterocycles. The second-order valence-electron chi connectivity index (χ2n) is 6.94. The average molecular weight is 379 g/mol. The monoisotopic (exact) mass is 378 g/mol. The number of nitrogens with zero attached hydrogens (tertiary/aromatic N) is 1. The van der Waals surface area contributed by atoms with Gasteiger partial charge in [0, 0.05) is 27.7 Å². The van der Waals surface area contributed by atoms with E-state index in [4.69, 9.17) is 27.6 Å². The van der Waals surface area contributed by atoms with Gasteiger partial charge >= 0.3 is 0 Å². The Morgan fingerprint density at radius 1 is 1.16 bits per heavy atom. The molecule has 3 fully saturated rings. The summed E-state index contributed by atoms with van der Waals surface area (Å²) in [6.45, 7) is 4.47. The highest BCUT2D eigenvalue weighted by molar-refractivity contribution is 6.35. The number of hydrogen-bond acceptors (Lipinski definition) is 3. The first-order valence-corrected chi connectivity index (χ1v) is 9.38. The molecule has 2 bridgehead atoms. The highest BCUT2D eigenvalue weighted by Gasteiger charge is 2.40. The van der Waals surface area contributed by atoms with Crippen LogP contribution in [0.4, 0.5) is 0 Å². The molecule has 2 unspecified atom stereocenters. The smallest absolute Gasteiger partial charge is 0.287 e. The molecular weight excluding hydrogens is 359 g/mol. The summed E-state index contributed by atoms with van der Waals surface area (Å²) < 4.78 is 5.76. The maximum Gasteiger partial charge on any atom is 0.287 e. The topological polar surface area (TPSA) is 45.5 Å². The van der Waals surface area contributed by atoms with Gasteiger partial charge in [-0.3, -0.25) is 9.69 Å². The number of amides is 1. The first-order valence-electron chi connectivity index (χ1n) is 8.62. The van der Waals surface area contributed by atoms with E-state index in [9.17, 15) is 4.79 Å². The molecular formula is C19H20Cl2N2O2. The fourth-order valence-corrected chi connectivity index (χ4v) is 4.60. The fourth-order valence-electron chi connectivity index (χ4n) is 4.08. The molecule has 0 aliphatic carbocycles. The number of nitrogens with one attached hydrogen (secondary N) is 1. The molecule has 6 heteroatoms. The van der Waals surface area contributed by atoms with Gasteiger partial charge in [0.05, 0.1) is 0 Å². The van der Waals surface area contributed by atoms with Gasteiger partial charge < -0.3 is 9.73 Å². The number of carbonyl (C=O) groups excluding carboxylic acids is 1. The van der Waals surface area contributed by atoms with Crippen LogP contribution in [0.2, 0.25) is 10.0 Å². The van der Waals surface area contributed by atoms with Crippen molar-refractivity contribution in [1.82, 2.24) is 10.2 Å². The number of fused-ring (bicyclic) bond motifs is 3. The Bertz CT molecular complexity index is 774. The van der Waals surface area contributed by atoms with Crippen LogP contribution in [0.5, 0.6) is 0 Å². The number of halogens is 2. The lowest BCUT2D eigenvalue weighted by Gasteiger charge is -2.49. The summed E-state index contributed by atoms with van der Waals surface area (Å²) in [6, 6.07) is 9.23. The van der Waals surface area contributed by atoms with E-state index in [1.54, 1.807) is 30.3 Å². The van der Waals surface area contributed by atoms with E-state index in [1.807, 2.05) is 0 Å². The molecule has 1 amide bonds. The standard InChI is InChI=1S/C19H20Cl2N2O2/c1-11-18(12-4-6-23(11)7-5-12)22-19(24)17-3-2-16(25-17)13-8-14(20)10-15(21)9-13/h2-3,8-12,18H,4-7H2,1H3,(H,22,24). The zero-order valence-electron chi connectivity index (χ0n) is 14.0. The van der Waals surface area contributed by atoms with Crippen LogP contribution in [0.1, 0.15) is 30.3 Å². The summed E-state index contributed by atoms with van der Waals surface area (Å²) in [5.74, 6) is 1.29. The minimum Gasteiger partial charge on any atom is -0.451 e. The maximum atomic E-state index is 12.6. The lowest BCUT2D eigenvalue weighted by molar-refractivity contribution is 0.0211. The Morgan fingerprint density at radius 3 is 2.48 bits per heavy atom. The van der Waals surface area contributed by atoms with E-state index in [0.717, 1.165) is 31.5 Å². The number of rotatable bonds is 3. The van der Waals surface area contributed by atoms with Gasteiger partial charge in [-0.25, -0.2) is 0 Å². The van der Waals surface area contributed by atoms with Gasteiger partial charge in [-0.05, 0) is 69.1 Å². The molecule has 132 valence electrons. The van der Waals surface area contributed by atoms with E-state index in [1.165, 1.54) is 0 Å². The van der Waals surface area contributed by atoms with Crippen molar-refractivity contribution in [2.24, 2.45) is 5.92 Å². The SMILES string of the molecule is CC1C(NC(=O)c2ccc(-c3cc(Cl)cc(Cl)c3)o2)C2CCN1CC2. The number of piperidine rings is 3. The van der Waals surface area contributed by atoms with Crippen LogP contribution in [0, 0.1) is 5.92 Å². The van der Waals surface area contributed by atoms with Gasteiger partial charge in [0.15, 0.2) is 5.76 Å². The van der Waals surface area contributed by atoms with E-state index in [0.29, 0.717) is 33.5 Å². The highest BCUT2D eigenvalue weighted by atomic mass is 35.5. The Balaban J connectivity index is 1.51. The Morgan fingerprint density at radius 2 is 1.84 bits per heavy atom. The van der Waals surface area contributed by atoms with Gasteiger partial charge in [-0.15, -0.1) is 0 Å². The van der Waals surface area contributed by atoms with Crippen LogP contribution in [0.3, 0.4) is 0 Å². The predicted octanol–water partition coefficient (Wildman–Crippen LogP) is 4.47. The second kappa shape index (κ2) is 6.67. The van der Waals surface area contributed by atoms with Crippen LogP contribution >= 0.6 is 23.2 Å². The number of hydrogen-bond donors (Lipinski definition) is 1. The van der Waals surface area contributed by atoms with Gasteiger partial charge in [0.25, 0.3) is 5.91 Å². The van der Waals surface area contributed by atoms with Crippen molar-refractivity contribution in [2.75, 3.05) is 13.1 Å². The normalized spacial score (nSPS) is 28.1. The quantitative estimate of drug-likeness (QED) is 0.856. The van der Waals surface area contributed by atoms with Gasteiger partial charge in [0.2, 0.25) is 0 Å². The lowest BCUT2D eigenvalue weighted by atomic mass is 9.79. The zero-order valence-corrected chi connectivity index (χ0v) is 15.5. The molecule has 2 aromatic rings. The Labute approximate surface area is 157 Å². The van der Waals surface area contributed by atoms with Crippen LogP contribution in [-0.2, 0) is 0 Å². The molecule has 25 heavy (non-hydrogen) atoms. The van der Waals surface area contributed by atoms with Crippen molar-refractivity contribution in [3.63, 3.8) is 0 Å². The van der Waals surface area contributed by atoms with E-state index >= 15 is 0 Å². The molecule has 1 N–H and O–H groups in total. The van der Waals surface area contributed by atoms with Crippen molar-refractivity contribution in [3.05, 3.63) is 46.1 Å². The summed E-state index contributed by atoms with van der Waals surface area (Å²) in [7, 11) is 0. The first kappa shape index (κ1) is 17.0. The minimum absolute atomic E-state index is 0.162. The molecule has 3 aliphatic rings. The number of benzene rings is 1. The lowest BCUT2D eigenvalue weighted by Crippen LogP contribution is -2.62. The third-order valence-corrected chi connectivity index (χ3v) is 5.89. The van der Waals surface area contributed by atoms with Crippen LogP contribution in [0.25, 0.3) is 11.3 Å². The molecule has 5 rings (SSSR count). The first-order chi connectivity index (χ1) is 12.0. The Kier molecular flexibility index (Phi) is 4.52. The highest BCUT2D eigenvalue weighted by Crippen LogP contribution is 2.33. The molecule has 0 saturated carbocycles. The summed E-state index contributed by atoms with van der Waals surface area (Å²) in [6.07, 6.45) is 2.30. The van der Waals surface area contributed by atoms with Crippen molar-refractivity contribution >= 4 is 29.1 Å². The van der Waals surface area contributed by atoms with Crippen LogP contribution < -0.4 is 5.32 Å². The van der Waals surface area contributed by atoms with Gasteiger partial charge in [-0.2, -0.15) is 0 Å². The molecule has 3 saturated heterocycles. The van der Waals surface area contributed by atoms with Crippen molar-refractivity contribution in [3.8, 4) is 11.3 Å². The van der Waals surface area contributed by atoms with Crippen LogP contribution in [0.15, 0.2) is 34.7 Å². The summed E-state index contributed by atoms with van der Waals surface area (Å²) in [5, 5.41) is 4.24. The van der Waals surface area contributed by atoms with E-state index in [-0.39, 0.29) is 11.9 Å². The fraction of sp³-hybridized carbons (Fsp3) is 0.421.